The fourth-order valence-corrected chi connectivity index (χ4v) is 9.28. The third kappa shape index (κ3) is 4.93. The van der Waals surface area contributed by atoms with Gasteiger partial charge in [0, 0.05) is 36.5 Å². The molecule has 11 rings (SSSR count). The van der Waals surface area contributed by atoms with Gasteiger partial charge in [0.2, 0.25) is 0 Å². The predicted molar refractivity (Wildman–Crippen MR) is 227 cm³/mol. The van der Waals surface area contributed by atoms with Gasteiger partial charge in [-0.1, -0.05) is 152 Å². The molecule has 0 unspecified atom stereocenters. The number of benzene rings is 9. The summed E-state index contributed by atoms with van der Waals surface area (Å²) in [5, 5.41) is 9.77. The maximum Gasteiger partial charge on any atom is 0.0979 e. The topological polar surface area (TPSA) is 25.8 Å². The smallest absolute Gasteiger partial charge is 0.0979 e. The fourth-order valence-electron chi connectivity index (χ4n) is 8.04. The summed E-state index contributed by atoms with van der Waals surface area (Å²) in [6.45, 7) is 0. The molecule has 0 aliphatic heterocycles. The van der Waals surface area contributed by atoms with E-state index in [0.717, 1.165) is 38.6 Å². The highest BCUT2D eigenvalue weighted by Crippen LogP contribution is 2.41. The Morgan fingerprint density at radius 1 is 0.358 bits per heavy atom. The average molecular weight is 691 g/mol. The summed E-state index contributed by atoms with van der Waals surface area (Å²) in [5.41, 5.74) is 11.1. The van der Waals surface area contributed by atoms with E-state index in [0.29, 0.717) is 0 Å². The molecule has 9 aromatic carbocycles. The summed E-state index contributed by atoms with van der Waals surface area (Å²) in [7, 11) is 0. The van der Waals surface area contributed by atoms with E-state index in [1.54, 1.807) is 0 Å². The van der Waals surface area contributed by atoms with Crippen LogP contribution in [0.4, 0.5) is 0 Å². The Morgan fingerprint density at radius 2 is 0.906 bits per heavy atom. The molecule has 0 spiro atoms. The van der Waals surface area contributed by atoms with Crippen LogP contribution in [0.3, 0.4) is 0 Å². The van der Waals surface area contributed by atoms with Crippen LogP contribution >= 0.6 is 11.3 Å². The minimum absolute atomic E-state index is 0.872. The van der Waals surface area contributed by atoms with E-state index in [4.69, 9.17) is 9.97 Å². The van der Waals surface area contributed by atoms with Gasteiger partial charge in [0.05, 0.1) is 22.9 Å². The van der Waals surface area contributed by atoms with Crippen molar-refractivity contribution in [2.24, 2.45) is 0 Å². The molecule has 3 heteroatoms. The molecule has 0 bridgehead atoms. The number of hydrogen-bond donors (Lipinski definition) is 0. The monoisotopic (exact) mass is 690 g/mol. The highest BCUT2D eigenvalue weighted by Gasteiger charge is 2.14. The van der Waals surface area contributed by atoms with Crippen molar-refractivity contribution >= 4 is 74.9 Å². The number of aromatic nitrogens is 2. The van der Waals surface area contributed by atoms with Crippen LogP contribution in [0.15, 0.2) is 182 Å². The molecule has 0 aliphatic carbocycles. The van der Waals surface area contributed by atoms with E-state index in [9.17, 15) is 0 Å². The number of rotatable bonds is 4. The van der Waals surface area contributed by atoms with Gasteiger partial charge < -0.3 is 0 Å². The van der Waals surface area contributed by atoms with E-state index < -0.39 is 0 Å². The second kappa shape index (κ2) is 11.9. The molecule has 0 aliphatic rings. The van der Waals surface area contributed by atoms with Crippen LogP contribution in [0, 0.1) is 0 Å². The highest BCUT2D eigenvalue weighted by molar-refractivity contribution is 7.26. The van der Waals surface area contributed by atoms with Crippen molar-refractivity contribution in [2.45, 2.75) is 0 Å². The van der Waals surface area contributed by atoms with Crippen LogP contribution < -0.4 is 0 Å². The zero-order valence-corrected chi connectivity index (χ0v) is 29.4. The normalized spacial score (nSPS) is 11.8. The maximum absolute atomic E-state index is 5.23. The lowest BCUT2D eigenvalue weighted by Gasteiger charge is -2.11. The largest absolute Gasteiger partial charge is 0.252 e. The second-order valence-electron chi connectivity index (χ2n) is 13.8. The highest BCUT2D eigenvalue weighted by atomic mass is 32.1. The molecular weight excluding hydrogens is 661 g/mol. The molecule has 0 radical (unpaired) electrons. The Balaban J connectivity index is 0.911. The summed E-state index contributed by atoms with van der Waals surface area (Å²) in [6, 6.07) is 63.6. The van der Waals surface area contributed by atoms with Crippen molar-refractivity contribution in [3.05, 3.63) is 182 Å². The van der Waals surface area contributed by atoms with Gasteiger partial charge >= 0.3 is 0 Å². The SMILES string of the molecule is c1cc(-c2ccc3cc(-c4ccc(-c5cccc6c5sc5ccccc56)cc4)ccc3c2)cc(-c2cnc3c4ccccc4c4ccccc4c3n2)c1. The molecule has 11 aromatic rings. The number of nitrogens with zero attached hydrogens (tertiary/aromatic N) is 2. The summed E-state index contributed by atoms with van der Waals surface area (Å²) in [5.74, 6) is 0. The third-order valence-corrected chi connectivity index (χ3v) is 11.9. The molecule has 246 valence electrons. The van der Waals surface area contributed by atoms with E-state index >= 15 is 0 Å². The average Bonchev–Trinajstić information content (AvgIpc) is 3.62. The first-order chi connectivity index (χ1) is 26.2. The number of fused-ring (bicyclic) bond motifs is 10. The number of thiophene rings is 1. The summed E-state index contributed by atoms with van der Waals surface area (Å²) < 4.78 is 2.68. The molecule has 2 nitrogen and oxygen atoms in total. The first-order valence-corrected chi connectivity index (χ1v) is 18.8. The molecule has 53 heavy (non-hydrogen) atoms. The van der Waals surface area contributed by atoms with Gasteiger partial charge in [-0.2, -0.15) is 0 Å². The summed E-state index contributed by atoms with van der Waals surface area (Å²) >= 11 is 1.88. The lowest BCUT2D eigenvalue weighted by Crippen LogP contribution is -1.92. The van der Waals surface area contributed by atoms with Crippen molar-refractivity contribution in [3.63, 3.8) is 0 Å². The third-order valence-electron chi connectivity index (χ3n) is 10.7. The lowest BCUT2D eigenvalue weighted by atomic mass is 9.95. The van der Waals surface area contributed by atoms with Crippen molar-refractivity contribution in [1.29, 1.82) is 0 Å². The molecular formula is C50H30N2S. The molecule has 0 saturated carbocycles. The molecule has 0 fully saturated rings. The van der Waals surface area contributed by atoms with Crippen molar-refractivity contribution in [2.75, 3.05) is 0 Å². The van der Waals surface area contributed by atoms with Crippen LogP contribution in [0.25, 0.3) is 108 Å². The summed E-state index contributed by atoms with van der Waals surface area (Å²) in [6.07, 6.45) is 1.92. The fraction of sp³-hybridized carbons (Fsp3) is 0. The molecule has 2 aromatic heterocycles. The Labute approximate surface area is 310 Å². The van der Waals surface area contributed by atoms with E-state index in [1.807, 2.05) is 17.5 Å². The van der Waals surface area contributed by atoms with Crippen molar-refractivity contribution < 1.29 is 0 Å². The second-order valence-corrected chi connectivity index (χ2v) is 14.8. The minimum atomic E-state index is 0.872. The quantitative estimate of drug-likeness (QED) is 0.172. The van der Waals surface area contributed by atoms with E-state index in [2.05, 4.69) is 176 Å². The standard InChI is InChI=1S/C50H30N2S/c1-3-14-43-40(11-1)41-12-2-4-15-44(41)49-48(43)51-30-46(52-49)38-10-7-9-33(29-38)35-25-26-36-27-34(23-24-37(36)28-35)31-19-21-32(22-20-31)39-16-8-17-45-42-13-5-6-18-47(42)53-50(39)45/h1-30H. The number of hydrogen-bond acceptors (Lipinski definition) is 3. The van der Waals surface area contributed by atoms with Crippen LogP contribution in [0.5, 0.6) is 0 Å². The van der Waals surface area contributed by atoms with Gasteiger partial charge in [-0.05, 0) is 79.2 Å². The van der Waals surface area contributed by atoms with Gasteiger partial charge in [0.25, 0.3) is 0 Å². The van der Waals surface area contributed by atoms with E-state index in [1.165, 1.54) is 69.5 Å². The van der Waals surface area contributed by atoms with Crippen LogP contribution in [0.1, 0.15) is 0 Å². The van der Waals surface area contributed by atoms with Gasteiger partial charge in [-0.25, -0.2) is 4.98 Å². The zero-order chi connectivity index (χ0) is 34.9. The molecule has 0 atom stereocenters. The van der Waals surface area contributed by atoms with Gasteiger partial charge in [-0.3, -0.25) is 4.98 Å². The lowest BCUT2D eigenvalue weighted by molar-refractivity contribution is 1.31. The Morgan fingerprint density at radius 3 is 1.66 bits per heavy atom. The van der Waals surface area contributed by atoms with E-state index in [-0.39, 0.29) is 0 Å². The molecule has 2 heterocycles. The van der Waals surface area contributed by atoms with Crippen LogP contribution in [0.2, 0.25) is 0 Å². The Hall–Kier alpha value is -6.68. The first-order valence-electron chi connectivity index (χ1n) is 18.0. The molecule has 0 N–H and O–H groups in total. The van der Waals surface area contributed by atoms with Crippen molar-refractivity contribution in [3.8, 4) is 44.6 Å². The van der Waals surface area contributed by atoms with Crippen molar-refractivity contribution in [1.82, 2.24) is 9.97 Å². The van der Waals surface area contributed by atoms with Gasteiger partial charge in [-0.15, -0.1) is 11.3 Å². The minimum Gasteiger partial charge on any atom is -0.252 e. The van der Waals surface area contributed by atoms with Gasteiger partial charge in [0.15, 0.2) is 0 Å². The van der Waals surface area contributed by atoms with Crippen LogP contribution in [-0.2, 0) is 0 Å². The molecule has 0 saturated heterocycles. The zero-order valence-electron chi connectivity index (χ0n) is 28.6. The van der Waals surface area contributed by atoms with Crippen LogP contribution in [-0.4, -0.2) is 9.97 Å². The summed E-state index contributed by atoms with van der Waals surface area (Å²) in [4.78, 5) is 10.2. The first kappa shape index (κ1) is 30.0. The predicted octanol–water partition coefficient (Wildman–Crippen LogP) is 14.1. The Kier molecular flexibility index (Phi) is 6.76. The van der Waals surface area contributed by atoms with Gasteiger partial charge in [0.1, 0.15) is 0 Å². The Bertz CT molecular complexity index is 3190. The maximum atomic E-state index is 5.23. The molecule has 0 amide bonds.